The van der Waals surface area contributed by atoms with Crippen LogP contribution in [0.5, 0.6) is 0 Å². The first-order valence-corrected chi connectivity index (χ1v) is 7.38. The van der Waals surface area contributed by atoms with Crippen molar-refractivity contribution in [1.82, 2.24) is 10.6 Å². The van der Waals surface area contributed by atoms with E-state index >= 15 is 0 Å². The molecule has 0 saturated heterocycles. The number of hydrogen-bond acceptors (Lipinski definition) is 3. The monoisotopic (exact) mass is 310 g/mol. The molecule has 4 nitrogen and oxygen atoms in total. The van der Waals surface area contributed by atoms with Gasteiger partial charge in [0.05, 0.1) is 6.54 Å². The molecule has 0 radical (unpaired) electrons. The van der Waals surface area contributed by atoms with Crippen molar-refractivity contribution in [3.8, 4) is 0 Å². The molecular weight excluding hydrogens is 296 g/mol. The Morgan fingerprint density at radius 1 is 1.25 bits per heavy atom. The zero-order valence-electron chi connectivity index (χ0n) is 10.7. The van der Waals surface area contributed by atoms with Gasteiger partial charge < -0.3 is 15.7 Å². The minimum absolute atomic E-state index is 0.187. The van der Waals surface area contributed by atoms with Crippen LogP contribution < -0.4 is 10.6 Å². The van der Waals surface area contributed by atoms with Crippen molar-refractivity contribution in [3.63, 3.8) is 0 Å². The first kappa shape index (κ1) is 14.8. The van der Waals surface area contributed by atoms with Crippen molar-refractivity contribution >= 4 is 29.0 Å². The summed E-state index contributed by atoms with van der Waals surface area (Å²) in [7, 11) is 0. The van der Waals surface area contributed by atoms with Crippen LogP contribution in [0.25, 0.3) is 0 Å². The number of amides is 2. The van der Waals surface area contributed by atoms with E-state index in [1.807, 2.05) is 29.6 Å². The molecule has 1 aromatic carbocycles. The summed E-state index contributed by atoms with van der Waals surface area (Å²) in [6.45, 7) is 0.602. The normalized spacial score (nSPS) is 11.9. The van der Waals surface area contributed by atoms with E-state index in [9.17, 15) is 9.90 Å². The zero-order chi connectivity index (χ0) is 14.4. The van der Waals surface area contributed by atoms with Crippen LogP contribution in [0.4, 0.5) is 4.79 Å². The number of aliphatic hydroxyl groups excluding tert-OH is 1. The fourth-order valence-corrected chi connectivity index (χ4v) is 2.46. The fraction of sp³-hybridized carbons (Fsp3) is 0.214. The van der Waals surface area contributed by atoms with Gasteiger partial charge >= 0.3 is 6.03 Å². The summed E-state index contributed by atoms with van der Waals surface area (Å²) in [6, 6.07) is 10.6. The Labute approximate surface area is 126 Å². The lowest BCUT2D eigenvalue weighted by molar-refractivity contribution is 0.176. The Bertz CT molecular complexity index is 543. The third-order valence-electron chi connectivity index (χ3n) is 2.69. The molecule has 0 spiro atoms. The smallest absolute Gasteiger partial charge is 0.315 e. The number of benzene rings is 1. The Kier molecular flexibility index (Phi) is 5.40. The molecule has 0 unspecified atom stereocenters. The predicted octanol–water partition coefficient (Wildman–Crippen LogP) is 2.93. The van der Waals surface area contributed by atoms with Crippen molar-refractivity contribution in [1.29, 1.82) is 0 Å². The summed E-state index contributed by atoms with van der Waals surface area (Å²) in [6.07, 6.45) is -0.670. The number of thiophene rings is 1. The molecule has 3 N–H and O–H groups in total. The largest absolute Gasteiger partial charge is 0.386 e. The Morgan fingerprint density at radius 2 is 2.00 bits per heavy atom. The molecule has 1 aromatic heterocycles. The summed E-state index contributed by atoms with van der Waals surface area (Å²) in [5.41, 5.74) is 0.961. The molecule has 0 aliphatic carbocycles. The lowest BCUT2D eigenvalue weighted by atomic mass is 10.2. The van der Waals surface area contributed by atoms with Crippen LogP contribution in [-0.4, -0.2) is 17.7 Å². The number of aliphatic hydroxyl groups is 1. The van der Waals surface area contributed by atoms with E-state index in [1.54, 1.807) is 12.1 Å². The van der Waals surface area contributed by atoms with Gasteiger partial charge in [0.15, 0.2) is 0 Å². The third-order valence-corrected chi connectivity index (χ3v) is 3.92. The van der Waals surface area contributed by atoms with Gasteiger partial charge in [0.25, 0.3) is 0 Å². The maximum atomic E-state index is 11.6. The van der Waals surface area contributed by atoms with E-state index in [1.165, 1.54) is 11.3 Å². The Balaban J connectivity index is 1.71. The molecule has 0 bridgehead atoms. The summed E-state index contributed by atoms with van der Waals surface area (Å²) in [4.78, 5) is 12.4. The lowest BCUT2D eigenvalue weighted by Crippen LogP contribution is -2.37. The minimum Gasteiger partial charge on any atom is -0.386 e. The minimum atomic E-state index is -0.670. The number of urea groups is 1. The molecule has 20 heavy (non-hydrogen) atoms. The SMILES string of the molecule is O=C(NCc1ccc(Cl)cc1)NC[C@H](O)c1cccs1. The van der Waals surface area contributed by atoms with Gasteiger partial charge in [0, 0.05) is 16.4 Å². The highest BCUT2D eigenvalue weighted by Crippen LogP contribution is 2.17. The van der Waals surface area contributed by atoms with Crippen LogP contribution in [-0.2, 0) is 6.54 Å². The van der Waals surface area contributed by atoms with Crippen molar-refractivity contribution in [2.75, 3.05) is 6.54 Å². The van der Waals surface area contributed by atoms with E-state index < -0.39 is 6.10 Å². The molecule has 0 fully saturated rings. The molecule has 106 valence electrons. The van der Waals surface area contributed by atoms with E-state index in [0.717, 1.165) is 10.4 Å². The topological polar surface area (TPSA) is 61.4 Å². The number of halogens is 1. The molecule has 1 heterocycles. The van der Waals surface area contributed by atoms with E-state index in [0.29, 0.717) is 11.6 Å². The molecule has 2 rings (SSSR count). The van der Waals surface area contributed by atoms with Gasteiger partial charge in [-0.15, -0.1) is 11.3 Å². The summed E-state index contributed by atoms with van der Waals surface area (Å²) in [5, 5.41) is 17.7. The van der Waals surface area contributed by atoms with Crippen LogP contribution in [0.2, 0.25) is 5.02 Å². The van der Waals surface area contributed by atoms with E-state index in [-0.39, 0.29) is 12.6 Å². The zero-order valence-corrected chi connectivity index (χ0v) is 12.2. The second-order valence-corrected chi connectivity index (χ2v) is 5.64. The standard InChI is InChI=1S/C14H15ClN2O2S/c15-11-5-3-10(4-6-11)8-16-14(19)17-9-12(18)13-2-1-7-20-13/h1-7,12,18H,8-9H2,(H2,16,17,19)/t12-/m0/s1. The maximum Gasteiger partial charge on any atom is 0.315 e. The van der Waals surface area contributed by atoms with Gasteiger partial charge in [-0.25, -0.2) is 4.79 Å². The van der Waals surface area contributed by atoms with Crippen molar-refractivity contribution in [3.05, 3.63) is 57.2 Å². The lowest BCUT2D eigenvalue weighted by Gasteiger charge is -2.11. The highest BCUT2D eigenvalue weighted by Gasteiger charge is 2.09. The van der Waals surface area contributed by atoms with Crippen molar-refractivity contribution < 1.29 is 9.90 Å². The van der Waals surface area contributed by atoms with Gasteiger partial charge in [-0.3, -0.25) is 0 Å². The number of rotatable bonds is 5. The van der Waals surface area contributed by atoms with E-state index in [2.05, 4.69) is 10.6 Å². The molecule has 0 aliphatic rings. The van der Waals surface area contributed by atoms with Crippen LogP contribution >= 0.6 is 22.9 Å². The van der Waals surface area contributed by atoms with Gasteiger partial charge in [-0.1, -0.05) is 29.8 Å². The fourth-order valence-electron chi connectivity index (χ4n) is 1.62. The number of nitrogens with one attached hydrogen (secondary N) is 2. The molecule has 0 saturated carbocycles. The van der Waals surface area contributed by atoms with Crippen LogP contribution in [0, 0.1) is 0 Å². The predicted molar refractivity (Wildman–Crippen MR) is 81.0 cm³/mol. The Morgan fingerprint density at radius 3 is 2.65 bits per heavy atom. The second kappa shape index (κ2) is 7.28. The van der Waals surface area contributed by atoms with Gasteiger partial charge in [0.2, 0.25) is 0 Å². The second-order valence-electron chi connectivity index (χ2n) is 4.22. The first-order chi connectivity index (χ1) is 9.65. The quantitative estimate of drug-likeness (QED) is 0.795. The Hall–Kier alpha value is -1.56. The number of carbonyl (C=O) groups excluding carboxylic acids is 1. The third kappa shape index (κ3) is 4.52. The van der Waals surface area contributed by atoms with Gasteiger partial charge in [0.1, 0.15) is 6.10 Å². The number of hydrogen-bond donors (Lipinski definition) is 3. The van der Waals surface area contributed by atoms with E-state index in [4.69, 9.17) is 11.6 Å². The summed E-state index contributed by atoms with van der Waals surface area (Å²) < 4.78 is 0. The molecule has 2 amide bonds. The van der Waals surface area contributed by atoms with Crippen LogP contribution in [0.15, 0.2) is 41.8 Å². The first-order valence-electron chi connectivity index (χ1n) is 6.13. The molecule has 1 atom stereocenters. The molecular formula is C14H15ClN2O2S. The maximum absolute atomic E-state index is 11.6. The highest BCUT2D eigenvalue weighted by molar-refractivity contribution is 7.10. The average Bonchev–Trinajstić information content (AvgIpc) is 2.98. The summed E-state index contributed by atoms with van der Waals surface area (Å²) in [5.74, 6) is 0. The van der Waals surface area contributed by atoms with Crippen LogP contribution in [0.1, 0.15) is 16.5 Å². The van der Waals surface area contributed by atoms with Crippen molar-refractivity contribution in [2.45, 2.75) is 12.6 Å². The van der Waals surface area contributed by atoms with Gasteiger partial charge in [-0.2, -0.15) is 0 Å². The average molecular weight is 311 g/mol. The number of carbonyl (C=O) groups is 1. The highest BCUT2D eigenvalue weighted by atomic mass is 35.5. The molecule has 0 aliphatic heterocycles. The van der Waals surface area contributed by atoms with Crippen LogP contribution in [0.3, 0.4) is 0 Å². The molecule has 2 aromatic rings. The molecule has 6 heteroatoms. The summed E-state index contributed by atoms with van der Waals surface area (Å²) >= 11 is 7.24. The van der Waals surface area contributed by atoms with Gasteiger partial charge in [-0.05, 0) is 29.1 Å². The van der Waals surface area contributed by atoms with Crippen molar-refractivity contribution in [2.24, 2.45) is 0 Å².